The number of piperidine rings is 1. The van der Waals surface area contributed by atoms with Crippen LogP contribution in [-0.2, 0) is 12.1 Å². The van der Waals surface area contributed by atoms with E-state index in [4.69, 9.17) is 28.3 Å². The lowest BCUT2D eigenvalue weighted by Gasteiger charge is -2.43. The summed E-state index contributed by atoms with van der Waals surface area (Å²) in [5.74, 6) is 1.25. The van der Waals surface area contributed by atoms with Crippen molar-refractivity contribution in [1.82, 2.24) is 20.4 Å². The minimum Gasteiger partial charge on any atom is -0.465 e. The van der Waals surface area contributed by atoms with Crippen molar-refractivity contribution in [1.29, 1.82) is 0 Å². The molecule has 0 radical (unpaired) electrons. The van der Waals surface area contributed by atoms with Gasteiger partial charge in [-0.3, -0.25) is 0 Å². The molecule has 3 N–H and O–H groups in total. The Hall–Kier alpha value is -3.26. The van der Waals surface area contributed by atoms with Crippen LogP contribution >= 0.6 is 23.2 Å². The first-order chi connectivity index (χ1) is 19.7. The SMILES string of the molecule is CN(Cc1ccccc1)C(=O)O.CNC(=O)NC1(c2ccccc2)CCN(C[C@@H]2C[C@@H]2c2ccc(Cl)c(Cl)c2)CC1. The molecule has 1 heterocycles. The fourth-order valence-corrected chi connectivity index (χ4v) is 5.80. The van der Waals surface area contributed by atoms with Crippen LogP contribution < -0.4 is 10.6 Å². The smallest absolute Gasteiger partial charge is 0.407 e. The molecule has 3 aromatic carbocycles. The van der Waals surface area contributed by atoms with E-state index in [0.29, 0.717) is 28.4 Å². The number of halogens is 2. The summed E-state index contributed by atoms with van der Waals surface area (Å²) in [6.45, 7) is 3.49. The van der Waals surface area contributed by atoms with E-state index in [1.807, 2.05) is 60.7 Å². The standard InChI is InChI=1S/C23H27Cl2N3O.C9H11NO2/c1-26-22(29)27-23(18-5-3-2-4-6-18)9-11-28(12-10-23)15-17-13-19(17)16-7-8-20(24)21(25)14-16;1-10(9(11)12)7-8-5-3-2-4-6-8/h2-8,14,17,19H,9-13,15H2,1H3,(H2,26,27,29);2-6H,7H2,1H3,(H,11,12)/t17-,19+;/m0./s1. The average molecular weight is 598 g/mol. The quantitative estimate of drug-likeness (QED) is 0.279. The van der Waals surface area contributed by atoms with Gasteiger partial charge in [-0.15, -0.1) is 0 Å². The number of hydrogen-bond donors (Lipinski definition) is 3. The number of hydrogen-bond acceptors (Lipinski definition) is 3. The maximum Gasteiger partial charge on any atom is 0.407 e. The van der Waals surface area contributed by atoms with E-state index in [0.717, 1.165) is 38.0 Å². The van der Waals surface area contributed by atoms with Gasteiger partial charge in [0.05, 0.1) is 15.6 Å². The number of urea groups is 1. The Morgan fingerprint density at radius 3 is 2.20 bits per heavy atom. The summed E-state index contributed by atoms with van der Waals surface area (Å²) in [5.41, 5.74) is 3.18. The highest BCUT2D eigenvalue weighted by Crippen LogP contribution is 2.49. The van der Waals surface area contributed by atoms with Crippen molar-refractivity contribution in [2.24, 2.45) is 5.92 Å². The third kappa shape index (κ3) is 8.38. The number of carboxylic acid groups (broad SMARTS) is 1. The molecule has 218 valence electrons. The lowest BCUT2D eigenvalue weighted by atomic mass is 9.81. The van der Waals surface area contributed by atoms with Gasteiger partial charge in [0.15, 0.2) is 0 Å². The monoisotopic (exact) mass is 596 g/mol. The van der Waals surface area contributed by atoms with Crippen molar-refractivity contribution in [2.75, 3.05) is 33.7 Å². The predicted octanol–water partition coefficient (Wildman–Crippen LogP) is 6.81. The van der Waals surface area contributed by atoms with Gasteiger partial charge >= 0.3 is 12.1 Å². The van der Waals surface area contributed by atoms with Crippen molar-refractivity contribution in [2.45, 2.75) is 37.3 Å². The van der Waals surface area contributed by atoms with Crippen molar-refractivity contribution in [3.63, 3.8) is 0 Å². The van der Waals surface area contributed by atoms with Crippen LogP contribution in [0.3, 0.4) is 0 Å². The number of rotatable bonds is 7. The lowest BCUT2D eigenvalue weighted by Crippen LogP contribution is -2.55. The molecule has 1 saturated carbocycles. The van der Waals surface area contributed by atoms with Gasteiger partial charge in [0.25, 0.3) is 0 Å². The van der Waals surface area contributed by atoms with Gasteiger partial charge in [-0.05, 0) is 59.9 Å². The minimum absolute atomic E-state index is 0.121. The third-order valence-corrected chi connectivity index (χ3v) is 8.73. The van der Waals surface area contributed by atoms with E-state index < -0.39 is 6.09 Å². The Bertz CT molecular complexity index is 1300. The van der Waals surface area contributed by atoms with Gasteiger partial charge < -0.3 is 25.5 Å². The molecular weight excluding hydrogens is 559 g/mol. The molecule has 2 atom stereocenters. The third-order valence-electron chi connectivity index (χ3n) is 7.99. The Morgan fingerprint density at radius 1 is 0.976 bits per heavy atom. The average Bonchev–Trinajstić information content (AvgIpc) is 3.76. The molecule has 0 aromatic heterocycles. The van der Waals surface area contributed by atoms with Crippen molar-refractivity contribution < 1.29 is 14.7 Å². The molecule has 41 heavy (non-hydrogen) atoms. The van der Waals surface area contributed by atoms with E-state index >= 15 is 0 Å². The van der Waals surface area contributed by atoms with Crippen LogP contribution in [0.25, 0.3) is 0 Å². The highest BCUT2D eigenvalue weighted by Gasteiger charge is 2.42. The van der Waals surface area contributed by atoms with Crippen LogP contribution in [0.2, 0.25) is 10.0 Å². The van der Waals surface area contributed by atoms with Gasteiger partial charge in [-0.1, -0.05) is 89.9 Å². The molecular formula is C32H38Cl2N4O3. The molecule has 0 unspecified atom stereocenters. The van der Waals surface area contributed by atoms with E-state index in [1.165, 1.54) is 22.4 Å². The molecule has 3 aromatic rings. The number of likely N-dealkylation sites (tertiary alicyclic amines) is 1. The normalized spacial score (nSPS) is 19.3. The first kappa shape index (κ1) is 30.7. The fourth-order valence-electron chi connectivity index (χ4n) is 5.50. The van der Waals surface area contributed by atoms with Crippen LogP contribution in [0.1, 0.15) is 41.9 Å². The summed E-state index contributed by atoms with van der Waals surface area (Å²) >= 11 is 12.2. The summed E-state index contributed by atoms with van der Waals surface area (Å²) in [5, 5.41) is 15.8. The van der Waals surface area contributed by atoms with Crippen molar-refractivity contribution in [3.05, 3.63) is 106 Å². The molecule has 5 rings (SSSR count). The van der Waals surface area contributed by atoms with E-state index in [9.17, 15) is 9.59 Å². The Kier molecular flexibility index (Phi) is 10.5. The van der Waals surface area contributed by atoms with Crippen LogP contribution in [-0.4, -0.2) is 60.8 Å². The zero-order valence-electron chi connectivity index (χ0n) is 23.5. The second-order valence-corrected chi connectivity index (χ2v) is 11.7. The summed E-state index contributed by atoms with van der Waals surface area (Å²) in [4.78, 5) is 26.3. The molecule has 1 aliphatic heterocycles. The zero-order valence-corrected chi connectivity index (χ0v) is 25.0. The number of nitrogens with zero attached hydrogens (tertiary/aromatic N) is 2. The first-order valence-electron chi connectivity index (χ1n) is 13.9. The van der Waals surface area contributed by atoms with Gasteiger partial charge in [0.2, 0.25) is 0 Å². The largest absolute Gasteiger partial charge is 0.465 e. The number of amides is 3. The number of carbonyl (C=O) groups is 2. The Labute approximate surface area is 252 Å². The summed E-state index contributed by atoms with van der Waals surface area (Å²) < 4.78 is 0. The minimum atomic E-state index is -0.904. The number of benzene rings is 3. The molecule has 9 heteroatoms. The van der Waals surface area contributed by atoms with E-state index in [-0.39, 0.29) is 11.6 Å². The molecule has 7 nitrogen and oxygen atoms in total. The molecule has 1 saturated heterocycles. The van der Waals surface area contributed by atoms with Gasteiger partial charge in [0.1, 0.15) is 0 Å². The zero-order chi connectivity index (χ0) is 29.4. The second kappa shape index (κ2) is 14.1. The Morgan fingerprint density at radius 2 is 1.61 bits per heavy atom. The van der Waals surface area contributed by atoms with Gasteiger partial charge in [-0.2, -0.15) is 0 Å². The number of carbonyl (C=O) groups excluding carboxylic acids is 1. The van der Waals surface area contributed by atoms with Crippen LogP contribution in [0.15, 0.2) is 78.9 Å². The van der Waals surface area contributed by atoms with Crippen molar-refractivity contribution >= 4 is 35.3 Å². The molecule has 2 aliphatic rings. The Balaban J connectivity index is 0.000000271. The maximum absolute atomic E-state index is 12.1. The predicted molar refractivity (Wildman–Crippen MR) is 165 cm³/mol. The molecule has 3 amide bonds. The highest BCUT2D eigenvalue weighted by atomic mass is 35.5. The maximum atomic E-state index is 12.1. The summed E-state index contributed by atoms with van der Waals surface area (Å²) in [6.07, 6.45) is 2.12. The molecule has 0 bridgehead atoms. The molecule has 2 fully saturated rings. The fraction of sp³-hybridized carbons (Fsp3) is 0.375. The number of nitrogens with one attached hydrogen (secondary N) is 2. The van der Waals surface area contributed by atoms with Crippen LogP contribution in [0, 0.1) is 5.92 Å². The lowest BCUT2D eigenvalue weighted by molar-refractivity contribution is 0.132. The highest BCUT2D eigenvalue weighted by molar-refractivity contribution is 6.42. The van der Waals surface area contributed by atoms with Crippen LogP contribution in [0.4, 0.5) is 9.59 Å². The second-order valence-electron chi connectivity index (χ2n) is 10.9. The summed E-state index contributed by atoms with van der Waals surface area (Å²) in [6, 6.07) is 25.7. The van der Waals surface area contributed by atoms with Gasteiger partial charge in [0, 0.05) is 40.3 Å². The first-order valence-corrected chi connectivity index (χ1v) is 14.7. The van der Waals surface area contributed by atoms with E-state index in [1.54, 1.807) is 14.1 Å². The topological polar surface area (TPSA) is 84.9 Å². The molecule has 1 aliphatic carbocycles. The molecule has 0 spiro atoms. The summed E-state index contributed by atoms with van der Waals surface area (Å²) in [7, 11) is 3.22. The van der Waals surface area contributed by atoms with Crippen molar-refractivity contribution in [3.8, 4) is 0 Å². The van der Waals surface area contributed by atoms with Crippen LogP contribution in [0.5, 0.6) is 0 Å². The van der Waals surface area contributed by atoms with E-state index in [2.05, 4.69) is 33.7 Å². The van der Waals surface area contributed by atoms with Gasteiger partial charge in [-0.25, -0.2) is 9.59 Å².